The van der Waals surface area contributed by atoms with E-state index < -0.39 is 16.2 Å². The van der Waals surface area contributed by atoms with E-state index in [0.29, 0.717) is 41.5 Å². The van der Waals surface area contributed by atoms with Gasteiger partial charge in [-0.25, -0.2) is 9.78 Å². The van der Waals surface area contributed by atoms with Crippen molar-refractivity contribution in [3.05, 3.63) is 48.2 Å². The second-order valence-electron chi connectivity index (χ2n) is 6.64. The van der Waals surface area contributed by atoms with Gasteiger partial charge in [0.05, 0.1) is 11.5 Å². The van der Waals surface area contributed by atoms with Crippen molar-refractivity contribution >= 4 is 16.9 Å². The maximum Gasteiger partial charge on any atom is 0.330 e. The van der Waals surface area contributed by atoms with Crippen LogP contribution in [0, 0.1) is 24.0 Å². The Morgan fingerprint density at radius 1 is 1.18 bits per heavy atom. The van der Waals surface area contributed by atoms with Crippen LogP contribution in [-0.4, -0.2) is 33.8 Å². The number of H-pyrrole nitrogens is 1. The van der Waals surface area contributed by atoms with Crippen LogP contribution in [0.2, 0.25) is 0 Å². The summed E-state index contributed by atoms with van der Waals surface area (Å²) in [4.78, 5) is 42.4. The zero-order valence-electron chi connectivity index (χ0n) is 16.4. The van der Waals surface area contributed by atoms with E-state index in [1.54, 1.807) is 18.4 Å². The standard InChI is InChI=1S/C17H23N7O4/c1-5-7-8-22-15-14(16(25)19-17(22)26)21(6-2)12(18-15)9-23-11(4)13(24(27)28)10(3)20-23/h5-9H2,1-4H3,(H,19,25,26). The van der Waals surface area contributed by atoms with Gasteiger partial charge in [0.1, 0.15) is 17.2 Å². The third-order valence-electron chi connectivity index (χ3n) is 4.83. The first-order chi connectivity index (χ1) is 13.3. The summed E-state index contributed by atoms with van der Waals surface area (Å²) in [5.41, 5.74) is 0.373. The molecule has 0 amide bonds. The molecule has 0 saturated heterocycles. The van der Waals surface area contributed by atoms with E-state index in [9.17, 15) is 19.7 Å². The summed E-state index contributed by atoms with van der Waals surface area (Å²) in [6.07, 6.45) is 1.67. The predicted molar refractivity (Wildman–Crippen MR) is 103 cm³/mol. The van der Waals surface area contributed by atoms with Gasteiger partial charge in [-0.1, -0.05) is 13.3 Å². The number of unbranched alkanes of at least 4 members (excludes halogenated alkanes) is 1. The summed E-state index contributed by atoms with van der Waals surface area (Å²) in [7, 11) is 0. The quantitative estimate of drug-likeness (QED) is 0.480. The third-order valence-corrected chi connectivity index (χ3v) is 4.83. The molecule has 3 aromatic heterocycles. The van der Waals surface area contributed by atoms with Crippen molar-refractivity contribution in [1.29, 1.82) is 0 Å². The summed E-state index contributed by atoms with van der Waals surface area (Å²) in [5, 5.41) is 15.5. The molecule has 11 nitrogen and oxygen atoms in total. The van der Waals surface area contributed by atoms with Gasteiger partial charge in [-0.15, -0.1) is 0 Å². The monoisotopic (exact) mass is 389 g/mol. The molecule has 28 heavy (non-hydrogen) atoms. The van der Waals surface area contributed by atoms with Crippen molar-refractivity contribution in [3.8, 4) is 0 Å². The van der Waals surface area contributed by atoms with Gasteiger partial charge in [0.15, 0.2) is 11.2 Å². The second kappa shape index (κ2) is 7.41. The van der Waals surface area contributed by atoms with Crippen molar-refractivity contribution in [3.63, 3.8) is 0 Å². The van der Waals surface area contributed by atoms with Gasteiger partial charge in [0.2, 0.25) is 0 Å². The largest absolute Gasteiger partial charge is 0.330 e. The third kappa shape index (κ3) is 3.12. The molecule has 0 atom stereocenters. The number of hydrogen-bond acceptors (Lipinski definition) is 6. The maximum absolute atomic E-state index is 12.4. The van der Waals surface area contributed by atoms with E-state index >= 15 is 0 Å². The molecule has 0 spiro atoms. The summed E-state index contributed by atoms with van der Waals surface area (Å²) < 4.78 is 4.70. The molecule has 0 saturated carbocycles. The number of nitrogens with one attached hydrogen (secondary N) is 1. The number of nitro groups is 1. The molecule has 0 fully saturated rings. The molecule has 1 N–H and O–H groups in total. The van der Waals surface area contributed by atoms with Gasteiger partial charge in [0.25, 0.3) is 5.56 Å². The van der Waals surface area contributed by atoms with E-state index in [0.717, 1.165) is 12.8 Å². The van der Waals surface area contributed by atoms with Gasteiger partial charge in [-0.3, -0.25) is 29.1 Å². The fourth-order valence-corrected chi connectivity index (χ4v) is 3.44. The number of nitrogens with zero attached hydrogens (tertiary/aromatic N) is 6. The smallest absolute Gasteiger partial charge is 0.321 e. The molecule has 0 radical (unpaired) electrons. The van der Waals surface area contributed by atoms with Gasteiger partial charge in [-0.05, 0) is 27.2 Å². The van der Waals surface area contributed by atoms with Gasteiger partial charge < -0.3 is 4.57 Å². The number of fused-ring (bicyclic) bond motifs is 1. The Morgan fingerprint density at radius 2 is 1.89 bits per heavy atom. The van der Waals surface area contributed by atoms with Crippen LogP contribution in [-0.2, 0) is 19.6 Å². The number of aromatic amines is 1. The summed E-state index contributed by atoms with van der Waals surface area (Å²) in [6, 6.07) is 0. The Bertz CT molecular complexity index is 1170. The Balaban J connectivity index is 2.19. The van der Waals surface area contributed by atoms with Gasteiger partial charge in [-0.2, -0.15) is 5.10 Å². The lowest BCUT2D eigenvalue weighted by molar-refractivity contribution is -0.386. The topological polar surface area (TPSA) is 134 Å². The molecular weight excluding hydrogens is 366 g/mol. The molecule has 3 heterocycles. The SMILES string of the molecule is CCCCn1c(=O)[nH]c(=O)c2c1nc(Cn1nc(C)c([N+](=O)[O-])c1C)n2CC. The number of aryl methyl sites for hydroxylation is 3. The molecule has 0 aliphatic heterocycles. The van der Waals surface area contributed by atoms with Crippen LogP contribution in [0.5, 0.6) is 0 Å². The van der Waals surface area contributed by atoms with Crippen molar-refractivity contribution in [2.75, 3.05) is 0 Å². The van der Waals surface area contributed by atoms with Crippen LogP contribution in [0.3, 0.4) is 0 Å². The molecule has 150 valence electrons. The number of rotatable bonds is 7. The maximum atomic E-state index is 12.4. The van der Waals surface area contributed by atoms with Crippen LogP contribution in [0.1, 0.15) is 43.9 Å². The number of aromatic nitrogens is 6. The second-order valence-corrected chi connectivity index (χ2v) is 6.64. The molecule has 11 heteroatoms. The summed E-state index contributed by atoms with van der Waals surface area (Å²) in [6.45, 7) is 8.16. The van der Waals surface area contributed by atoms with Gasteiger partial charge in [0, 0.05) is 13.1 Å². The minimum atomic E-state index is -0.493. The van der Waals surface area contributed by atoms with Crippen LogP contribution >= 0.6 is 0 Å². The van der Waals surface area contributed by atoms with Crippen LogP contribution in [0.4, 0.5) is 5.69 Å². The minimum absolute atomic E-state index is 0.0307. The first-order valence-electron chi connectivity index (χ1n) is 9.20. The molecule has 0 aliphatic rings. The normalized spacial score (nSPS) is 11.4. The molecule has 0 bridgehead atoms. The van der Waals surface area contributed by atoms with E-state index in [4.69, 9.17) is 0 Å². The molecule has 0 aromatic carbocycles. The highest BCUT2D eigenvalue weighted by molar-refractivity contribution is 5.71. The first-order valence-corrected chi connectivity index (χ1v) is 9.20. The Kier molecular flexibility index (Phi) is 5.16. The van der Waals surface area contributed by atoms with Crippen LogP contribution in [0.25, 0.3) is 11.2 Å². The lowest BCUT2D eigenvalue weighted by atomic mass is 10.3. The first kappa shape index (κ1) is 19.5. The average molecular weight is 389 g/mol. The van der Waals surface area contributed by atoms with Crippen molar-refractivity contribution in [1.82, 2.24) is 28.9 Å². The minimum Gasteiger partial charge on any atom is -0.321 e. The van der Waals surface area contributed by atoms with E-state index in [-0.39, 0.29) is 12.2 Å². The molecule has 0 unspecified atom stereocenters. The number of imidazole rings is 1. The molecular formula is C17H23N7O4. The lowest BCUT2D eigenvalue weighted by Crippen LogP contribution is -2.31. The van der Waals surface area contributed by atoms with E-state index in [1.165, 1.54) is 9.25 Å². The van der Waals surface area contributed by atoms with E-state index in [1.807, 2.05) is 13.8 Å². The summed E-state index contributed by atoms with van der Waals surface area (Å²) >= 11 is 0. The highest BCUT2D eigenvalue weighted by Crippen LogP contribution is 2.23. The molecule has 3 aromatic rings. The van der Waals surface area contributed by atoms with Gasteiger partial charge >= 0.3 is 11.4 Å². The highest BCUT2D eigenvalue weighted by atomic mass is 16.6. The Hall–Kier alpha value is -3.24. The zero-order chi connectivity index (χ0) is 20.6. The summed E-state index contributed by atoms with van der Waals surface area (Å²) in [5.74, 6) is 0.513. The van der Waals surface area contributed by atoms with Crippen molar-refractivity contribution < 1.29 is 4.92 Å². The highest BCUT2D eigenvalue weighted by Gasteiger charge is 2.24. The van der Waals surface area contributed by atoms with E-state index in [2.05, 4.69) is 15.1 Å². The molecule has 0 aliphatic carbocycles. The fourth-order valence-electron chi connectivity index (χ4n) is 3.44. The van der Waals surface area contributed by atoms with Crippen molar-refractivity contribution in [2.24, 2.45) is 0 Å². The lowest BCUT2D eigenvalue weighted by Gasteiger charge is -2.07. The van der Waals surface area contributed by atoms with Crippen LogP contribution < -0.4 is 11.2 Å². The molecule has 3 rings (SSSR count). The Morgan fingerprint density at radius 3 is 2.46 bits per heavy atom. The van der Waals surface area contributed by atoms with Crippen LogP contribution in [0.15, 0.2) is 9.59 Å². The number of hydrogen-bond donors (Lipinski definition) is 1. The Labute approximate surface area is 159 Å². The fraction of sp³-hybridized carbons (Fsp3) is 0.529. The zero-order valence-corrected chi connectivity index (χ0v) is 16.4. The average Bonchev–Trinajstić information content (AvgIpc) is 3.12. The predicted octanol–water partition coefficient (Wildman–Crippen LogP) is 1.48. The van der Waals surface area contributed by atoms with Crippen molar-refractivity contribution in [2.45, 2.75) is 60.2 Å².